The highest BCUT2D eigenvalue weighted by molar-refractivity contribution is 6.31. The molecule has 4 unspecified atom stereocenters. The molecule has 9 heteroatoms. The predicted molar refractivity (Wildman–Crippen MR) is 146 cm³/mol. The van der Waals surface area contributed by atoms with Gasteiger partial charge in [0, 0.05) is 45.4 Å². The van der Waals surface area contributed by atoms with Crippen molar-refractivity contribution in [2.45, 2.75) is 25.7 Å². The normalized spacial score (nSPS) is 25.8. The third-order valence-electron chi connectivity index (χ3n) is 8.49. The average Bonchev–Trinajstić information content (AvgIpc) is 3.20. The smallest absolute Gasteiger partial charge is 0.238 e. The first kappa shape index (κ1) is 26.1. The number of phenolic OH excluding ortho intramolecular Hbond substituents is 1. The van der Waals surface area contributed by atoms with Gasteiger partial charge in [0.15, 0.2) is 11.6 Å². The Morgan fingerprint density at radius 1 is 0.975 bits per heavy atom. The maximum absolute atomic E-state index is 14.0. The first-order valence-corrected chi connectivity index (χ1v) is 13.3. The fourth-order valence-corrected chi connectivity index (χ4v) is 6.85. The van der Waals surface area contributed by atoms with Crippen LogP contribution in [-0.2, 0) is 19.2 Å². The number of amides is 2. The van der Waals surface area contributed by atoms with Crippen molar-refractivity contribution < 1.29 is 33.8 Å². The van der Waals surface area contributed by atoms with Gasteiger partial charge in [-0.05, 0) is 56.0 Å². The van der Waals surface area contributed by atoms with Crippen molar-refractivity contribution >= 4 is 40.7 Å². The first-order chi connectivity index (χ1) is 19.2. The maximum Gasteiger partial charge on any atom is 0.238 e. The molecular weight excluding hydrogens is 534 g/mol. The number of ketones is 2. The zero-order valence-electron chi connectivity index (χ0n) is 22.1. The second kappa shape index (κ2) is 9.48. The Bertz CT molecular complexity index is 1600. The van der Waals surface area contributed by atoms with Crippen molar-refractivity contribution in [1.82, 2.24) is 0 Å². The second-order valence-corrected chi connectivity index (χ2v) is 10.9. The van der Waals surface area contributed by atoms with Crippen LogP contribution >= 0.6 is 11.6 Å². The molecular formula is C31H26ClNO7. The topological polar surface area (TPSA) is 110 Å². The number of rotatable bonds is 4. The highest BCUT2D eigenvalue weighted by Gasteiger charge is 2.57. The molecule has 1 heterocycles. The summed E-state index contributed by atoms with van der Waals surface area (Å²) in [6.45, 7) is 1.59. The van der Waals surface area contributed by atoms with Gasteiger partial charge in [-0.25, -0.2) is 0 Å². The minimum Gasteiger partial charge on any atom is -0.507 e. The van der Waals surface area contributed by atoms with Crippen LogP contribution < -0.4 is 14.4 Å². The van der Waals surface area contributed by atoms with Crippen LogP contribution in [0, 0.1) is 17.8 Å². The Hall–Kier alpha value is -4.17. The minimum absolute atomic E-state index is 0.140. The van der Waals surface area contributed by atoms with Gasteiger partial charge in [0.05, 0.1) is 31.7 Å². The number of anilines is 1. The largest absolute Gasteiger partial charge is 0.507 e. The Morgan fingerprint density at radius 2 is 1.70 bits per heavy atom. The average molecular weight is 560 g/mol. The summed E-state index contributed by atoms with van der Waals surface area (Å²) < 4.78 is 10.9. The van der Waals surface area contributed by atoms with E-state index in [2.05, 4.69) is 0 Å². The molecule has 1 N–H and O–H groups in total. The molecule has 204 valence electrons. The van der Waals surface area contributed by atoms with Crippen molar-refractivity contribution in [2.24, 2.45) is 17.8 Å². The Labute approximate surface area is 235 Å². The molecule has 2 aromatic rings. The number of aromatic hydroxyl groups is 1. The lowest BCUT2D eigenvalue weighted by Crippen LogP contribution is -2.40. The predicted octanol–water partition coefficient (Wildman–Crippen LogP) is 4.70. The third-order valence-corrected chi connectivity index (χ3v) is 8.74. The molecule has 6 rings (SSSR count). The van der Waals surface area contributed by atoms with Crippen molar-refractivity contribution in [1.29, 1.82) is 0 Å². The Balaban J connectivity index is 1.53. The van der Waals surface area contributed by atoms with Crippen LogP contribution in [0.2, 0.25) is 5.02 Å². The summed E-state index contributed by atoms with van der Waals surface area (Å²) in [5.74, 6) is -3.54. The van der Waals surface area contributed by atoms with E-state index >= 15 is 0 Å². The number of fused-ring (bicyclic) bond motifs is 3. The fourth-order valence-electron chi connectivity index (χ4n) is 6.72. The van der Waals surface area contributed by atoms with E-state index in [1.807, 2.05) is 6.08 Å². The Kier molecular flexibility index (Phi) is 6.18. The molecule has 40 heavy (non-hydrogen) atoms. The molecule has 0 spiro atoms. The molecule has 1 saturated heterocycles. The van der Waals surface area contributed by atoms with Gasteiger partial charge in [0.2, 0.25) is 11.8 Å². The van der Waals surface area contributed by atoms with E-state index < -0.39 is 23.7 Å². The van der Waals surface area contributed by atoms with Gasteiger partial charge < -0.3 is 14.6 Å². The summed E-state index contributed by atoms with van der Waals surface area (Å²) in [5.41, 5.74) is 2.34. The number of hydrogen-bond donors (Lipinski definition) is 1. The van der Waals surface area contributed by atoms with E-state index in [1.54, 1.807) is 37.3 Å². The lowest BCUT2D eigenvalue weighted by Gasteiger charge is -2.42. The molecule has 0 saturated carbocycles. The van der Waals surface area contributed by atoms with E-state index in [4.69, 9.17) is 21.1 Å². The van der Waals surface area contributed by atoms with Crippen LogP contribution in [0.3, 0.4) is 0 Å². The van der Waals surface area contributed by atoms with E-state index in [-0.39, 0.29) is 53.3 Å². The van der Waals surface area contributed by atoms with Gasteiger partial charge in [0.1, 0.15) is 17.2 Å². The van der Waals surface area contributed by atoms with E-state index in [9.17, 15) is 24.3 Å². The number of methoxy groups -OCH3 is 2. The van der Waals surface area contributed by atoms with Crippen LogP contribution in [0.1, 0.15) is 31.2 Å². The SMILES string of the molecule is COc1cc(O)c(C2C3=CCC4C(=O)N(c5ccc(Cl)cc5)C(=O)C4C3CC3=C2C(=O)C=C(C)C3=O)c(OC)c1. The summed E-state index contributed by atoms with van der Waals surface area (Å²) in [6, 6.07) is 9.54. The van der Waals surface area contributed by atoms with E-state index in [0.29, 0.717) is 38.7 Å². The number of imide groups is 1. The first-order valence-electron chi connectivity index (χ1n) is 12.9. The lowest BCUT2D eigenvalue weighted by molar-refractivity contribution is -0.123. The third kappa shape index (κ3) is 3.73. The molecule has 8 nitrogen and oxygen atoms in total. The van der Waals surface area contributed by atoms with E-state index in [1.165, 1.54) is 31.3 Å². The number of phenols is 1. The number of hydrogen-bond acceptors (Lipinski definition) is 7. The summed E-state index contributed by atoms with van der Waals surface area (Å²) in [7, 11) is 2.90. The van der Waals surface area contributed by atoms with Crippen LogP contribution in [0.15, 0.2) is 70.8 Å². The molecule has 0 radical (unpaired) electrons. The number of Topliss-reactive ketones (excluding diaryl/α,β-unsaturated/α-hetero) is 1. The van der Waals surface area contributed by atoms with Crippen molar-refractivity contribution in [3.8, 4) is 17.2 Å². The van der Waals surface area contributed by atoms with Gasteiger partial charge in [-0.2, -0.15) is 0 Å². The van der Waals surface area contributed by atoms with Crippen LogP contribution in [0.4, 0.5) is 5.69 Å². The quantitative estimate of drug-likeness (QED) is 0.328. The van der Waals surface area contributed by atoms with Gasteiger partial charge in [0.25, 0.3) is 0 Å². The van der Waals surface area contributed by atoms with Crippen molar-refractivity contribution in [3.63, 3.8) is 0 Å². The lowest BCUT2D eigenvalue weighted by atomic mass is 9.59. The van der Waals surface area contributed by atoms with Gasteiger partial charge in [-0.15, -0.1) is 0 Å². The second-order valence-electron chi connectivity index (χ2n) is 10.5. The highest BCUT2D eigenvalue weighted by Crippen LogP contribution is 2.58. The molecule has 4 atom stereocenters. The molecule has 0 aromatic heterocycles. The number of nitrogens with zero attached hydrogens (tertiary/aromatic N) is 1. The highest BCUT2D eigenvalue weighted by atomic mass is 35.5. The Morgan fingerprint density at radius 3 is 2.38 bits per heavy atom. The zero-order chi connectivity index (χ0) is 28.5. The number of carbonyl (C=O) groups excluding carboxylic acids is 4. The molecule has 3 aliphatic carbocycles. The minimum atomic E-state index is -0.844. The number of ether oxygens (including phenoxy) is 2. The van der Waals surface area contributed by atoms with Crippen LogP contribution in [0.5, 0.6) is 17.2 Å². The number of allylic oxidation sites excluding steroid dienone is 6. The van der Waals surface area contributed by atoms with Crippen molar-refractivity contribution in [2.75, 3.05) is 19.1 Å². The molecule has 4 aliphatic rings. The summed E-state index contributed by atoms with van der Waals surface area (Å²) in [4.78, 5) is 55.7. The molecule has 2 amide bonds. The number of carbonyl (C=O) groups is 4. The monoisotopic (exact) mass is 559 g/mol. The van der Waals surface area contributed by atoms with Gasteiger partial charge >= 0.3 is 0 Å². The number of benzene rings is 2. The molecule has 1 aliphatic heterocycles. The maximum atomic E-state index is 14.0. The fraction of sp³-hybridized carbons (Fsp3) is 0.290. The van der Waals surface area contributed by atoms with Crippen LogP contribution in [-0.4, -0.2) is 42.7 Å². The van der Waals surface area contributed by atoms with Crippen molar-refractivity contribution in [3.05, 3.63) is 81.4 Å². The summed E-state index contributed by atoms with van der Waals surface area (Å²) >= 11 is 6.03. The summed E-state index contributed by atoms with van der Waals surface area (Å²) in [6.07, 6.45) is 3.63. The standard InChI is InChI=1S/C31H26ClNO7/c1-14-10-22(34)26-21(29(14)36)13-20-18(27(26)28-23(35)11-17(39-2)12-24(28)40-3)8-9-19-25(20)31(38)33(30(19)37)16-6-4-15(32)5-7-16/h4-8,10-12,19-20,25,27,35H,9,13H2,1-3H3. The number of halogens is 1. The molecule has 1 fully saturated rings. The molecule has 2 aromatic carbocycles. The molecule has 0 bridgehead atoms. The van der Waals surface area contributed by atoms with Gasteiger partial charge in [-0.1, -0.05) is 23.3 Å². The van der Waals surface area contributed by atoms with Gasteiger partial charge in [-0.3, -0.25) is 24.1 Å². The summed E-state index contributed by atoms with van der Waals surface area (Å²) in [5, 5.41) is 11.7. The zero-order valence-corrected chi connectivity index (χ0v) is 22.8. The van der Waals surface area contributed by atoms with E-state index in [0.717, 1.165) is 0 Å². The van der Waals surface area contributed by atoms with Crippen LogP contribution in [0.25, 0.3) is 0 Å².